The normalized spacial score (nSPS) is 29.3. The molecule has 2 aliphatic rings. The molecule has 2 aliphatic carbocycles. The lowest BCUT2D eigenvalue weighted by Gasteiger charge is -2.34. The van der Waals surface area contributed by atoms with Gasteiger partial charge in [0, 0.05) is 5.57 Å². The topological polar surface area (TPSA) is 109 Å². The third-order valence-corrected chi connectivity index (χ3v) is 6.80. The smallest absolute Gasteiger partial charge is 0.335 e. The quantitative estimate of drug-likeness (QED) is 0.628. The number of rotatable bonds is 4. The summed E-state index contributed by atoms with van der Waals surface area (Å²) >= 11 is 0. The first-order chi connectivity index (χ1) is 11.5. The molecular formula is C18H20O6S. The first kappa shape index (κ1) is 17.8. The number of hydrogen-bond donors (Lipinski definition) is 2. The molecule has 7 heteroatoms. The van der Waals surface area contributed by atoms with E-state index in [-0.39, 0.29) is 17.3 Å². The fraction of sp³-hybridized carbons (Fsp3) is 0.444. The van der Waals surface area contributed by atoms with Crippen molar-refractivity contribution in [2.45, 2.75) is 26.7 Å². The molecule has 0 unspecified atom stereocenters. The number of benzene rings is 1. The number of fused-ring (bicyclic) bond motifs is 2. The van der Waals surface area contributed by atoms with Crippen LogP contribution < -0.4 is 0 Å². The van der Waals surface area contributed by atoms with Crippen LogP contribution in [0.25, 0.3) is 6.08 Å². The first-order valence-electron chi connectivity index (χ1n) is 8.03. The molecule has 2 N–H and O–H groups in total. The van der Waals surface area contributed by atoms with Crippen molar-refractivity contribution in [2.24, 2.45) is 16.7 Å². The van der Waals surface area contributed by atoms with E-state index >= 15 is 0 Å². The molecule has 0 aliphatic heterocycles. The standard InChI is InChI=1S/C18H20O6S/c1-17(2)14-7-8-18(17,10-25(22,23)24)15(19)13(14)9-11-3-5-12(6-4-11)16(20)21/h3-6,9,14H,7-8,10H2,1-2H3,(H,20,21)(H,22,23,24)/b13-9-/t14-,18+/m1/s1. The van der Waals surface area contributed by atoms with Gasteiger partial charge in [0.05, 0.1) is 16.7 Å². The Morgan fingerprint density at radius 1 is 1.28 bits per heavy atom. The van der Waals surface area contributed by atoms with E-state index in [9.17, 15) is 22.6 Å². The van der Waals surface area contributed by atoms with Crippen LogP contribution in [-0.2, 0) is 14.9 Å². The zero-order chi connectivity index (χ0) is 18.6. The summed E-state index contributed by atoms with van der Waals surface area (Å²) in [6.07, 6.45) is 2.84. The summed E-state index contributed by atoms with van der Waals surface area (Å²) in [5, 5.41) is 8.95. The fourth-order valence-electron chi connectivity index (χ4n) is 4.49. The van der Waals surface area contributed by atoms with Crippen LogP contribution in [-0.4, -0.2) is 35.6 Å². The number of carbonyl (C=O) groups excluding carboxylic acids is 1. The largest absolute Gasteiger partial charge is 0.478 e. The molecule has 3 rings (SSSR count). The Bertz CT molecular complexity index is 879. The van der Waals surface area contributed by atoms with Crippen molar-refractivity contribution in [1.82, 2.24) is 0 Å². The lowest BCUT2D eigenvalue weighted by atomic mass is 9.70. The highest BCUT2D eigenvalue weighted by Gasteiger charge is 2.67. The third-order valence-electron chi connectivity index (χ3n) is 5.95. The maximum Gasteiger partial charge on any atom is 0.335 e. The molecule has 2 atom stereocenters. The maximum atomic E-state index is 13.0. The molecule has 2 saturated carbocycles. The molecule has 134 valence electrons. The van der Waals surface area contributed by atoms with Crippen molar-refractivity contribution in [2.75, 3.05) is 5.75 Å². The Morgan fingerprint density at radius 2 is 1.88 bits per heavy atom. The van der Waals surface area contributed by atoms with Crippen LogP contribution in [0.2, 0.25) is 0 Å². The zero-order valence-electron chi connectivity index (χ0n) is 14.0. The number of hydrogen-bond acceptors (Lipinski definition) is 4. The number of ketones is 1. The molecule has 0 aromatic heterocycles. The van der Waals surface area contributed by atoms with Crippen LogP contribution in [0.1, 0.15) is 42.6 Å². The Morgan fingerprint density at radius 3 is 2.40 bits per heavy atom. The maximum absolute atomic E-state index is 13.0. The average Bonchev–Trinajstić information content (AvgIpc) is 2.81. The Hall–Kier alpha value is -1.99. The molecule has 0 spiro atoms. The van der Waals surface area contributed by atoms with Gasteiger partial charge < -0.3 is 5.11 Å². The van der Waals surface area contributed by atoms with Crippen molar-refractivity contribution in [3.05, 3.63) is 41.0 Å². The van der Waals surface area contributed by atoms with Crippen LogP contribution in [0.15, 0.2) is 29.8 Å². The van der Waals surface area contributed by atoms with E-state index < -0.39 is 32.7 Å². The van der Waals surface area contributed by atoms with Crippen LogP contribution in [0.4, 0.5) is 0 Å². The van der Waals surface area contributed by atoms with E-state index in [0.29, 0.717) is 24.0 Å². The highest BCUT2D eigenvalue weighted by atomic mass is 32.2. The van der Waals surface area contributed by atoms with E-state index in [2.05, 4.69) is 0 Å². The molecule has 2 fully saturated rings. The molecule has 0 radical (unpaired) electrons. The predicted octanol–water partition coefficient (Wildman–Crippen LogP) is 2.66. The zero-order valence-corrected chi connectivity index (χ0v) is 14.8. The Kier molecular flexibility index (Phi) is 3.92. The van der Waals surface area contributed by atoms with Gasteiger partial charge in [0.1, 0.15) is 0 Å². The first-order valence-corrected chi connectivity index (χ1v) is 9.64. The van der Waals surface area contributed by atoms with Gasteiger partial charge in [-0.05, 0) is 47.9 Å². The Labute approximate surface area is 146 Å². The van der Waals surface area contributed by atoms with E-state index in [0.717, 1.165) is 0 Å². The molecule has 1 aromatic carbocycles. The summed E-state index contributed by atoms with van der Waals surface area (Å²) in [5.74, 6) is -1.89. The molecular weight excluding hydrogens is 344 g/mol. The summed E-state index contributed by atoms with van der Waals surface area (Å²) in [4.78, 5) is 23.9. The number of carboxylic acids is 1. The van der Waals surface area contributed by atoms with Gasteiger partial charge in [-0.25, -0.2) is 4.79 Å². The van der Waals surface area contributed by atoms with Crippen LogP contribution in [0, 0.1) is 16.7 Å². The van der Waals surface area contributed by atoms with Gasteiger partial charge in [-0.1, -0.05) is 26.0 Å². The van der Waals surface area contributed by atoms with Gasteiger partial charge in [0.25, 0.3) is 10.1 Å². The van der Waals surface area contributed by atoms with Crippen LogP contribution in [0.3, 0.4) is 0 Å². The van der Waals surface area contributed by atoms with E-state index in [1.807, 2.05) is 13.8 Å². The van der Waals surface area contributed by atoms with Gasteiger partial charge in [-0.3, -0.25) is 9.35 Å². The van der Waals surface area contributed by atoms with Crippen molar-refractivity contribution >= 4 is 27.9 Å². The second-order valence-corrected chi connectivity index (χ2v) is 8.93. The summed E-state index contributed by atoms with van der Waals surface area (Å²) in [6, 6.07) is 6.17. The van der Waals surface area contributed by atoms with Gasteiger partial charge in [-0.2, -0.15) is 8.42 Å². The van der Waals surface area contributed by atoms with E-state index in [1.165, 1.54) is 12.1 Å². The summed E-state index contributed by atoms with van der Waals surface area (Å²) in [5.41, 5.74) is -0.253. The molecule has 0 amide bonds. The van der Waals surface area contributed by atoms with Crippen LogP contribution >= 0.6 is 0 Å². The van der Waals surface area contributed by atoms with Gasteiger partial charge in [-0.15, -0.1) is 0 Å². The number of allylic oxidation sites excluding steroid dienone is 1. The average molecular weight is 364 g/mol. The van der Waals surface area contributed by atoms with Crippen molar-refractivity contribution in [3.8, 4) is 0 Å². The molecule has 0 saturated heterocycles. The molecule has 6 nitrogen and oxygen atoms in total. The molecule has 1 aromatic rings. The van der Waals surface area contributed by atoms with Gasteiger partial charge in [0.2, 0.25) is 0 Å². The van der Waals surface area contributed by atoms with Crippen molar-refractivity contribution < 1.29 is 27.7 Å². The highest BCUT2D eigenvalue weighted by Crippen LogP contribution is 2.66. The van der Waals surface area contributed by atoms with Gasteiger partial charge in [0.15, 0.2) is 5.78 Å². The minimum Gasteiger partial charge on any atom is -0.478 e. The second kappa shape index (κ2) is 5.51. The summed E-state index contributed by atoms with van der Waals surface area (Å²) in [7, 11) is -4.28. The lowest BCUT2D eigenvalue weighted by molar-refractivity contribution is -0.125. The van der Waals surface area contributed by atoms with Gasteiger partial charge >= 0.3 is 5.97 Å². The number of aromatic carboxylic acids is 1. The number of Topliss-reactive ketones (excluding diaryl/α,β-unsaturated/α-hetero) is 1. The second-order valence-electron chi connectivity index (χ2n) is 7.48. The molecule has 2 bridgehead atoms. The minimum atomic E-state index is -4.28. The number of carbonyl (C=O) groups is 2. The van der Waals surface area contributed by atoms with Crippen LogP contribution in [0.5, 0.6) is 0 Å². The minimum absolute atomic E-state index is 0.0825. The van der Waals surface area contributed by atoms with Crippen molar-refractivity contribution in [3.63, 3.8) is 0 Å². The highest BCUT2D eigenvalue weighted by molar-refractivity contribution is 7.85. The molecule has 0 heterocycles. The molecule has 25 heavy (non-hydrogen) atoms. The monoisotopic (exact) mass is 364 g/mol. The SMILES string of the molecule is CC1(C)[C@@H]2CC[C@]1(CS(=O)(=O)O)C(=O)/C2=C\c1ccc(C(=O)O)cc1. The predicted molar refractivity (Wildman–Crippen MR) is 91.7 cm³/mol. The Balaban J connectivity index is 2.02. The summed E-state index contributed by atoms with van der Waals surface area (Å²) in [6.45, 7) is 3.75. The van der Waals surface area contributed by atoms with Crippen molar-refractivity contribution in [1.29, 1.82) is 0 Å². The number of carboxylic acid groups (broad SMARTS) is 1. The summed E-state index contributed by atoms with van der Waals surface area (Å²) < 4.78 is 32.3. The third kappa shape index (κ3) is 2.71. The lowest BCUT2D eigenvalue weighted by Crippen LogP contribution is -2.42. The van der Waals surface area contributed by atoms with E-state index in [4.69, 9.17) is 5.11 Å². The fourth-order valence-corrected chi connectivity index (χ4v) is 5.77. The van der Waals surface area contributed by atoms with E-state index in [1.54, 1.807) is 18.2 Å².